The highest BCUT2D eigenvalue weighted by molar-refractivity contribution is 5.85. The predicted octanol–water partition coefficient (Wildman–Crippen LogP) is 1.93. The largest absolute Gasteiger partial charge is 0.409 e. The molecule has 0 heterocycles. The van der Waals surface area contributed by atoms with Gasteiger partial charge in [-0.25, -0.2) is 0 Å². The van der Waals surface area contributed by atoms with Gasteiger partial charge in [-0.05, 0) is 32.2 Å². The molecule has 0 radical (unpaired) electrons. The van der Waals surface area contributed by atoms with E-state index in [0.717, 1.165) is 38.8 Å². The van der Waals surface area contributed by atoms with Crippen molar-refractivity contribution in [2.24, 2.45) is 21.7 Å². The Bertz CT molecular complexity index is 266. The molecule has 0 fully saturated rings. The molecule has 5 heteroatoms. The Kier molecular flexibility index (Phi) is 8.02. The van der Waals surface area contributed by atoms with Crippen LogP contribution >= 0.6 is 0 Å². The van der Waals surface area contributed by atoms with Crippen LogP contribution in [-0.4, -0.2) is 35.8 Å². The maximum atomic E-state index is 9.47. The fraction of sp³-hybridized carbons (Fsp3) is 0.929. The summed E-state index contributed by atoms with van der Waals surface area (Å²) in [5.74, 6) is 0.277. The molecule has 5 N–H and O–H groups in total. The molecule has 0 rings (SSSR count). The molecular weight excluding hydrogens is 242 g/mol. The molecule has 0 saturated heterocycles. The van der Waals surface area contributed by atoms with Crippen molar-refractivity contribution in [3.8, 4) is 0 Å². The minimum Gasteiger partial charge on any atom is -0.409 e. The van der Waals surface area contributed by atoms with E-state index in [0.29, 0.717) is 0 Å². The standard InChI is InChI=1S/C14H31N3O2/c1-5-14(6-2,11-18)10-16-9-7-8-13(3,4)12(15)17-19/h16,18-19H,5-11H2,1-4H3,(H2,15,17). The van der Waals surface area contributed by atoms with Gasteiger partial charge in [0.1, 0.15) is 5.84 Å². The van der Waals surface area contributed by atoms with E-state index in [1.807, 2.05) is 13.8 Å². The zero-order valence-corrected chi connectivity index (χ0v) is 12.9. The van der Waals surface area contributed by atoms with Gasteiger partial charge in [0.15, 0.2) is 0 Å². The normalized spacial score (nSPS) is 13.8. The van der Waals surface area contributed by atoms with E-state index in [1.54, 1.807) is 0 Å². The summed E-state index contributed by atoms with van der Waals surface area (Å²) in [6.45, 7) is 10.1. The summed E-state index contributed by atoms with van der Waals surface area (Å²) in [6, 6.07) is 0. The monoisotopic (exact) mass is 273 g/mol. The second-order valence-electron chi connectivity index (χ2n) is 6.01. The number of amidine groups is 1. The van der Waals surface area contributed by atoms with Crippen molar-refractivity contribution < 1.29 is 10.3 Å². The van der Waals surface area contributed by atoms with Crippen LogP contribution in [0.25, 0.3) is 0 Å². The molecule has 0 aromatic carbocycles. The fourth-order valence-electron chi connectivity index (χ4n) is 2.05. The Balaban J connectivity index is 4.00. The van der Waals surface area contributed by atoms with E-state index in [1.165, 1.54) is 0 Å². The lowest BCUT2D eigenvalue weighted by Gasteiger charge is -2.30. The van der Waals surface area contributed by atoms with E-state index in [2.05, 4.69) is 24.3 Å². The second kappa shape index (κ2) is 8.38. The summed E-state index contributed by atoms with van der Waals surface area (Å²) in [5, 5.41) is 24.6. The molecular formula is C14H31N3O2. The van der Waals surface area contributed by atoms with Crippen molar-refractivity contribution in [1.29, 1.82) is 0 Å². The quantitative estimate of drug-likeness (QED) is 0.161. The smallest absolute Gasteiger partial charge is 0.144 e. The first-order valence-corrected chi connectivity index (χ1v) is 7.17. The number of oxime groups is 1. The summed E-state index contributed by atoms with van der Waals surface area (Å²) in [6.07, 6.45) is 3.77. The Morgan fingerprint density at radius 2 is 1.84 bits per heavy atom. The van der Waals surface area contributed by atoms with Crippen molar-refractivity contribution in [2.75, 3.05) is 19.7 Å². The number of hydrogen-bond donors (Lipinski definition) is 4. The van der Waals surface area contributed by atoms with Gasteiger partial charge < -0.3 is 21.4 Å². The molecule has 0 spiro atoms. The summed E-state index contributed by atoms with van der Waals surface area (Å²) >= 11 is 0. The number of aliphatic hydroxyl groups excluding tert-OH is 1. The maximum absolute atomic E-state index is 9.47. The van der Waals surface area contributed by atoms with Crippen LogP contribution in [0.5, 0.6) is 0 Å². The van der Waals surface area contributed by atoms with Crippen LogP contribution in [0.4, 0.5) is 0 Å². The first-order chi connectivity index (χ1) is 8.87. The number of nitrogens with two attached hydrogens (primary N) is 1. The van der Waals surface area contributed by atoms with Gasteiger partial charge in [0.2, 0.25) is 0 Å². The lowest BCUT2D eigenvalue weighted by Crippen LogP contribution is -2.37. The molecule has 0 aromatic heterocycles. The summed E-state index contributed by atoms with van der Waals surface area (Å²) in [4.78, 5) is 0. The minimum absolute atomic E-state index is 0.00109. The van der Waals surface area contributed by atoms with E-state index in [9.17, 15) is 5.11 Å². The van der Waals surface area contributed by atoms with Crippen LogP contribution in [0.3, 0.4) is 0 Å². The van der Waals surface area contributed by atoms with Gasteiger partial charge in [0.25, 0.3) is 0 Å². The van der Waals surface area contributed by atoms with Crippen molar-refractivity contribution in [1.82, 2.24) is 5.32 Å². The molecule has 0 amide bonds. The number of hydrogen-bond acceptors (Lipinski definition) is 4. The average Bonchev–Trinajstić information content (AvgIpc) is 2.42. The predicted molar refractivity (Wildman–Crippen MR) is 79.4 cm³/mol. The molecule has 0 unspecified atom stereocenters. The highest BCUT2D eigenvalue weighted by atomic mass is 16.4. The lowest BCUT2D eigenvalue weighted by molar-refractivity contribution is 0.113. The number of nitrogens with zero attached hydrogens (tertiary/aromatic N) is 1. The van der Waals surface area contributed by atoms with Crippen molar-refractivity contribution in [3.05, 3.63) is 0 Å². The van der Waals surface area contributed by atoms with Gasteiger partial charge in [-0.2, -0.15) is 0 Å². The van der Waals surface area contributed by atoms with Gasteiger partial charge in [-0.15, -0.1) is 0 Å². The fourth-order valence-corrected chi connectivity index (χ4v) is 2.05. The Hall–Kier alpha value is -0.810. The van der Waals surface area contributed by atoms with Gasteiger partial charge >= 0.3 is 0 Å². The van der Waals surface area contributed by atoms with E-state index in [4.69, 9.17) is 10.9 Å². The SMILES string of the molecule is CCC(CC)(CO)CNCCCC(C)(C)C(N)=NO. The minimum atomic E-state index is -0.278. The van der Waals surface area contributed by atoms with Crippen LogP contribution < -0.4 is 11.1 Å². The molecule has 5 nitrogen and oxygen atoms in total. The summed E-state index contributed by atoms with van der Waals surface area (Å²) in [5.41, 5.74) is 5.37. The number of rotatable bonds is 10. The molecule has 19 heavy (non-hydrogen) atoms. The Labute approximate surface area is 117 Å². The average molecular weight is 273 g/mol. The Morgan fingerprint density at radius 1 is 1.26 bits per heavy atom. The van der Waals surface area contributed by atoms with Crippen molar-refractivity contribution in [2.45, 2.75) is 53.4 Å². The zero-order chi connectivity index (χ0) is 14.9. The van der Waals surface area contributed by atoms with Crippen LogP contribution in [0.15, 0.2) is 5.16 Å². The molecule has 0 aliphatic rings. The van der Waals surface area contributed by atoms with E-state index < -0.39 is 0 Å². The van der Waals surface area contributed by atoms with Gasteiger partial charge in [0.05, 0.1) is 0 Å². The second-order valence-corrected chi connectivity index (χ2v) is 6.01. The third-order valence-corrected chi connectivity index (χ3v) is 4.29. The van der Waals surface area contributed by atoms with Crippen LogP contribution in [0.1, 0.15) is 53.4 Å². The van der Waals surface area contributed by atoms with Gasteiger partial charge in [-0.3, -0.25) is 0 Å². The highest BCUT2D eigenvalue weighted by Gasteiger charge is 2.25. The first-order valence-electron chi connectivity index (χ1n) is 7.17. The number of nitrogens with one attached hydrogen (secondary N) is 1. The third kappa shape index (κ3) is 5.78. The van der Waals surface area contributed by atoms with Gasteiger partial charge in [-0.1, -0.05) is 32.9 Å². The molecule has 0 aliphatic heterocycles. The zero-order valence-electron chi connectivity index (χ0n) is 12.9. The van der Waals surface area contributed by atoms with E-state index in [-0.39, 0.29) is 23.3 Å². The molecule has 114 valence electrons. The maximum Gasteiger partial charge on any atom is 0.144 e. The van der Waals surface area contributed by atoms with E-state index >= 15 is 0 Å². The van der Waals surface area contributed by atoms with Crippen LogP contribution in [0.2, 0.25) is 0 Å². The molecule has 0 saturated carbocycles. The van der Waals surface area contributed by atoms with Crippen molar-refractivity contribution >= 4 is 5.84 Å². The Morgan fingerprint density at radius 3 is 2.26 bits per heavy atom. The first kappa shape index (κ1) is 18.2. The molecule has 0 aliphatic carbocycles. The molecule has 0 bridgehead atoms. The topological polar surface area (TPSA) is 90.9 Å². The third-order valence-electron chi connectivity index (χ3n) is 4.29. The van der Waals surface area contributed by atoms with Crippen molar-refractivity contribution in [3.63, 3.8) is 0 Å². The molecule has 0 aromatic rings. The van der Waals surface area contributed by atoms with Crippen LogP contribution in [-0.2, 0) is 0 Å². The summed E-state index contributed by atoms with van der Waals surface area (Å²) < 4.78 is 0. The highest BCUT2D eigenvalue weighted by Crippen LogP contribution is 2.25. The van der Waals surface area contributed by atoms with Gasteiger partial charge in [0, 0.05) is 24.0 Å². The summed E-state index contributed by atoms with van der Waals surface area (Å²) in [7, 11) is 0. The number of aliphatic hydroxyl groups is 1. The van der Waals surface area contributed by atoms with Crippen LogP contribution in [0, 0.1) is 10.8 Å². The molecule has 0 atom stereocenters. The lowest BCUT2D eigenvalue weighted by atomic mass is 9.83.